The number of anilines is 8. The van der Waals surface area contributed by atoms with Gasteiger partial charge >= 0.3 is 0 Å². The molecule has 1 fully saturated rings. The van der Waals surface area contributed by atoms with Crippen LogP contribution < -0.4 is 31.1 Å². The maximum atomic E-state index is 2.84. The molecule has 0 N–H and O–H groups in total. The third-order valence-corrected chi connectivity index (χ3v) is 18.6. The van der Waals surface area contributed by atoms with Crippen molar-refractivity contribution < 1.29 is 0 Å². The van der Waals surface area contributed by atoms with Crippen molar-refractivity contribution in [2.24, 2.45) is 0 Å². The molecule has 2 atom stereocenters. The molecule has 4 heterocycles. The fraction of sp³-hybridized carbons (Fsp3) is 0.463. The number of benzene rings is 6. The van der Waals surface area contributed by atoms with Gasteiger partial charge in [0.25, 0.3) is 6.71 Å². The first-order chi connectivity index (χ1) is 32.9. The Morgan fingerprint density at radius 3 is 1.17 bits per heavy atom. The maximum absolute atomic E-state index is 2.84. The zero-order valence-electron chi connectivity index (χ0n) is 47.1. The van der Waals surface area contributed by atoms with Crippen LogP contribution in [0, 0.1) is 0 Å². The van der Waals surface area contributed by atoms with Crippen LogP contribution in [0.4, 0.5) is 45.5 Å². The molecule has 4 aliphatic heterocycles. The van der Waals surface area contributed by atoms with E-state index in [1.54, 1.807) is 0 Å². The van der Waals surface area contributed by atoms with Gasteiger partial charge in [-0.2, -0.15) is 0 Å². The molecule has 0 spiro atoms. The first-order valence-electron chi connectivity index (χ1n) is 27.2. The lowest BCUT2D eigenvalue weighted by Gasteiger charge is -2.53. The molecule has 0 radical (unpaired) electrons. The summed E-state index contributed by atoms with van der Waals surface area (Å²) in [6.07, 6.45) is 4.82. The lowest BCUT2D eigenvalue weighted by molar-refractivity contribution is 0.195. The van der Waals surface area contributed by atoms with Gasteiger partial charge in [-0.05, 0) is 162 Å². The van der Waals surface area contributed by atoms with Crippen LogP contribution in [0.3, 0.4) is 0 Å². The molecule has 6 aromatic carbocycles. The van der Waals surface area contributed by atoms with E-state index in [-0.39, 0.29) is 50.2 Å². The smallest absolute Gasteiger partial charge is 0.252 e. The molecule has 1 saturated carbocycles. The standard InChI is InChI=1S/C67H82BN3/c1-60(2,3)41-22-27-46(28-23-41)69-53-37-44(63(10,11)12)35-50-57(53)68-58-51(65(50,16)17)36-45(64(13,14)15)38-54(58)70(47-29-24-42(25-30-47)61(4,5)6)56-40-48(39-55(69)59(56)68)71-52-31-26-43(62(7,8)9)34-49(52)66(18)32-20-21-33-67(66,71)19/h22-31,34-40H,20-21,32-33H2,1-19H3. The Morgan fingerprint density at radius 2 is 0.746 bits per heavy atom. The predicted octanol–water partition coefficient (Wildman–Crippen LogP) is 16.6. The minimum atomic E-state index is -0.267. The Morgan fingerprint density at radius 1 is 0.366 bits per heavy atom. The highest BCUT2D eigenvalue weighted by atomic mass is 15.3. The quantitative estimate of drug-likeness (QED) is 0.163. The predicted molar refractivity (Wildman–Crippen MR) is 309 cm³/mol. The zero-order valence-corrected chi connectivity index (χ0v) is 47.1. The largest absolute Gasteiger partial charge is 0.334 e. The van der Waals surface area contributed by atoms with Crippen molar-refractivity contribution in [2.45, 2.75) is 201 Å². The monoisotopic (exact) mass is 940 g/mol. The maximum Gasteiger partial charge on any atom is 0.252 e. The number of rotatable bonds is 3. The van der Waals surface area contributed by atoms with Crippen LogP contribution >= 0.6 is 0 Å². The number of nitrogens with zero attached hydrogens (tertiary/aromatic N) is 3. The molecule has 0 bridgehead atoms. The highest BCUT2D eigenvalue weighted by Crippen LogP contribution is 2.63. The Balaban J connectivity index is 1.31. The van der Waals surface area contributed by atoms with E-state index < -0.39 is 0 Å². The highest BCUT2D eigenvalue weighted by molar-refractivity contribution is 7.01. The molecule has 11 rings (SSSR count). The summed E-state index contributed by atoms with van der Waals surface area (Å²) in [4.78, 5) is 8.26. The summed E-state index contributed by atoms with van der Waals surface area (Å²) in [6.45, 7) is 45.8. The third kappa shape index (κ3) is 6.94. The van der Waals surface area contributed by atoms with E-state index in [0.717, 1.165) is 6.42 Å². The van der Waals surface area contributed by atoms with Gasteiger partial charge in [0.2, 0.25) is 0 Å². The van der Waals surface area contributed by atoms with E-state index in [2.05, 4.69) is 249 Å². The zero-order chi connectivity index (χ0) is 51.1. The van der Waals surface area contributed by atoms with Crippen LogP contribution in [0.25, 0.3) is 0 Å². The number of hydrogen-bond acceptors (Lipinski definition) is 3. The first-order valence-corrected chi connectivity index (χ1v) is 27.2. The molecule has 5 aliphatic rings. The summed E-state index contributed by atoms with van der Waals surface area (Å²) in [5.41, 5.74) is 25.6. The molecular formula is C67H82BN3. The van der Waals surface area contributed by atoms with Crippen LogP contribution in [0.5, 0.6) is 0 Å². The minimum Gasteiger partial charge on any atom is -0.334 e. The van der Waals surface area contributed by atoms with Gasteiger partial charge in [0.1, 0.15) is 0 Å². The van der Waals surface area contributed by atoms with Gasteiger partial charge < -0.3 is 14.7 Å². The summed E-state index contributed by atoms with van der Waals surface area (Å²) in [5.74, 6) is 0. The van der Waals surface area contributed by atoms with E-state index in [4.69, 9.17) is 0 Å². The molecular weight excluding hydrogens is 858 g/mol. The van der Waals surface area contributed by atoms with E-state index in [1.165, 1.54) is 126 Å². The fourth-order valence-electron chi connectivity index (χ4n) is 13.8. The lowest BCUT2D eigenvalue weighted by atomic mass is 9.28. The van der Waals surface area contributed by atoms with E-state index in [9.17, 15) is 0 Å². The van der Waals surface area contributed by atoms with Gasteiger partial charge in [0, 0.05) is 56.3 Å². The van der Waals surface area contributed by atoms with Crippen LogP contribution in [-0.2, 0) is 37.9 Å². The van der Waals surface area contributed by atoms with Crippen molar-refractivity contribution in [3.05, 3.63) is 148 Å². The van der Waals surface area contributed by atoms with Gasteiger partial charge in [0.05, 0.1) is 5.54 Å². The molecule has 0 aromatic heterocycles. The van der Waals surface area contributed by atoms with E-state index >= 15 is 0 Å². The van der Waals surface area contributed by atoms with E-state index in [1.807, 2.05) is 0 Å². The van der Waals surface area contributed by atoms with Crippen LogP contribution in [0.2, 0.25) is 0 Å². The number of hydrogen-bond donors (Lipinski definition) is 0. The summed E-state index contributed by atoms with van der Waals surface area (Å²) < 4.78 is 0. The summed E-state index contributed by atoms with van der Waals surface area (Å²) in [5, 5.41) is 0. The number of fused-ring (bicyclic) bond motifs is 3. The van der Waals surface area contributed by atoms with Crippen molar-refractivity contribution in [3.8, 4) is 0 Å². The molecule has 71 heavy (non-hydrogen) atoms. The van der Waals surface area contributed by atoms with Gasteiger partial charge in [0.15, 0.2) is 0 Å². The van der Waals surface area contributed by atoms with Gasteiger partial charge in [-0.3, -0.25) is 0 Å². The summed E-state index contributed by atoms with van der Waals surface area (Å²) in [7, 11) is 0. The fourth-order valence-corrected chi connectivity index (χ4v) is 13.8. The minimum absolute atomic E-state index is 0.0128. The highest BCUT2D eigenvalue weighted by Gasteiger charge is 2.59. The molecule has 4 heteroatoms. The first kappa shape index (κ1) is 48.1. The average molecular weight is 940 g/mol. The van der Waals surface area contributed by atoms with E-state index in [0.29, 0.717) is 0 Å². The Bertz CT molecular complexity index is 3010. The summed E-state index contributed by atoms with van der Waals surface area (Å²) >= 11 is 0. The molecule has 2 unspecified atom stereocenters. The van der Waals surface area contributed by atoms with Crippen molar-refractivity contribution >= 4 is 68.6 Å². The second-order valence-electron chi connectivity index (χ2n) is 28.8. The second kappa shape index (κ2) is 14.9. The van der Waals surface area contributed by atoms with Gasteiger partial charge in [-0.1, -0.05) is 186 Å². The van der Waals surface area contributed by atoms with Crippen LogP contribution in [0.15, 0.2) is 103 Å². The summed E-state index contributed by atoms with van der Waals surface area (Å²) in [6, 6.07) is 42.5. The SMILES string of the molecule is CC(C)(C)c1ccc(N2c3cc(N4c5ccc(C(C)(C)C)cc5C5(C)CCCCC45C)cc4c3B3c5c2cc(C(C)(C)C)cc5C(C)(C)c2cc(C(C)(C)C)cc(c23)N4c2ccc(C(C)(C)C)cc2)cc1. The van der Waals surface area contributed by atoms with Crippen molar-refractivity contribution in [2.75, 3.05) is 14.7 Å². The van der Waals surface area contributed by atoms with Crippen LogP contribution in [-0.4, -0.2) is 12.3 Å². The third-order valence-electron chi connectivity index (χ3n) is 18.6. The molecule has 0 saturated heterocycles. The van der Waals surface area contributed by atoms with Gasteiger partial charge in [-0.15, -0.1) is 0 Å². The molecule has 1 aliphatic carbocycles. The van der Waals surface area contributed by atoms with Crippen LogP contribution in [0.1, 0.15) is 202 Å². The Labute approximate surface area is 429 Å². The Kier molecular flexibility index (Phi) is 10.1. The molecule has 368 valence electrons. The second-order valence-corrected chi connectivity index (χ2v) is 28.8. The molecule has 6 aromatic rings. The van der Waals surface area contributed by atoms with Gasteiger partial charge in [-0.25, -0.2) is 0 Å². The van der Waals surface area contributed by atoms with Crippen molar-refractivity contribution in [3.63, 3.8) is 0 Å². The lowest BCUT2D eigenvalue weighted by Crippen LogP contribution is -2.67. The van der Waals surface area contributed by atoms with Crippen molar-refractivity contribution in [1.29, 1.82) is 0 Å². The molecule has 0 amide bonds. The molecule has 3 nitrogen and oxygen atoms in total. The topological polar surface area (TPSA) is 9.72 Å². The normalized spacial score (nSPS) is 21.1. The Hall–Kier alpha value is -5.22. The average Bonchev–Trinajstić information content (AvgIpc) is 3.48. The van der Waals surface area contributed by atoms with Crippen molar-refractivity contribution in [1.82, 2.24) is 0 Å².